The van der Waals surface area contributed by atoms with E-state index in [1.54, 1.807) is 0 Å². The number of hydrogen-bond donors (Lipinski definition) is 2. The van der Waals surface area contributed by atoms with Crippen molar-refractivity contribution in [2.75, 3.05) is 0 Å². The Morgan fingerprint density at radius 2 is 2.20 bits per heavy atom. The molecule has 0 aromatic carbocycles. The maximum absolute atomic E-state index is 9.63. The quantitative estimate of drug-likeness (QED) is 0.708. The van der Waals surface area contributed by atoms with Gasteiger partial charge in [0, 0.05) is 24.2 Å². The summed E-state index contributed by atoms with van der Waals surface area (Å²) >= 11 is 5.75. The number of halogens is 1. The zero-order valence-corrected chi connectivity index (χ0v) is 8.98. The van der Waals surface area contributed by atoms with Crippen molar-refractivity contribution in [1.29, 1.82) is 0 Å². The number of aliphatic hydroxyl groups excluding tert-OH is 1. The van der Waals surface area contributed by atoms with E-state index >= 15 is 0 Å². The SMILES string of the molecule is O[C@H]1C[C@H]2N[C@@H]1C[C@@H]2c1ccc(Cl)nc1. The van der Waals surface area contributed by atoms with Crippen molar-refractivity contribution < 1.29 is 5.11 Å². The van der Waals surface area contributed by atoms with Gasteiger partial charge >= 0.3 is 0 Å². The predicted molar refractivity (Wildman–Crippen MR) is 57.9 cm³/mol. The third-order valence-corrected chi connectivity index (χ3v) is 3.78. The van der Waals surface area contributed by atoms with E-state index in [4.69, 9.17) is 11.6 Å². The molecule has 2 bridgehead atoms. The standard InChI is InChI=1S/C11H13ClN2O/c12-11-2-1-6(5-13-11)7-3-9-10(15)4-8(7)14-9/h1-2,5,7-10,14-15H,3-4H2/t7-,8-,9-,10+/m1/s1. The molecule has 0 amide bonds. The molecule has 0 spiro atoms. The van der Waals surface area contributed by atoms with E-state index in [9.17, 15) is 5.11 Å². The highest BCUT2D eigenvalue weighted by Crippen LogP contribution is 2.39. The van der Waals surface area contributed by atoms with Crippen LogP contribution in [0.5, 0.6) is 0 Å². The molecule has 3 nitrogen and oxygen atoms in total. The molecule has 2 N–H and O–H groups in total. The maximum Gasteiger partial charge on any atom is 0.129 e. The Labute approximate surface area is 93.5 Å². The Balaban J connectivity index is 1.83. The second-order valence-corrected chi connectivity index (χ2v) is 4.83. The monoisotopic (exact) mass is 224 g/mol. The van der Waals surface area contributed by atoms with Crippen LogP contribution in [0.2, 0.25) is 5.15 Å². The van der Waals surface area contributed by atoms with Crippen LogP contribution in [0.4, 0.5) is 0 Å². The van der Waals surface area contributed by atoms with Crippen LogP contribution in [0, 0.1) is 0 Å². The molecule has 2 saturated heterocycles. The van der Waals surface area contributed by atoms with Gasteiger partial charge in [0.25, 0.3) is 0 Å². The fourth-order valence-electron chi connectivity index (χ4n) is 2.80. The van der Waals surface area contributed by atoms with Gasteiger partial charge in [0.2, 0.25) is 0 Å². The van der Waals surface area contributed by atoms with Gasteiger partial charge in [0.05, 0.1) is 6.10 Å². The number of aliphatic hydroxyl groups is 1. The van der Waals surface area contributed by atoms with E-state index in [1.807, 2.05) is 18.3 Å². The number of fused-ring (bicyclic) bond motifs is 2. The minimum absolute atomic E-state index is 0.161. The molecule has 3 rings (SSSR count). The lowest BCUT2D eigenvalue weighted by Crippen LogP contribution is -2.26. The van der Waals surface area contributed by atoms with Crippen molar-refractivity contribution >= 4 is 11.6 Å². The van der Waals surface area contributed by atoms with Crippen LogP contribution >= 0.6 is 11.6 Å². The summed E-state index contributed by atoms with van der Waals surface area (Å²) in [7, 11) is 0. The molecule has 15 heavy (non-hydrogen) atoms. The van der Waals surface area contributed by atoms with Gasteiger partial charge in [-0.05, 0) is 24.5 Å². The fourth-order valence-corrected chi connectivity index (χ4v) is 2.91. The smallest absolute Gasteiger partial charge is 0.129 e. The van der Waals surface area contributed by atoms with E-state index in [0.29, 0.717) is 17.1 Å². The third kappa shape index (κ3) is 1.55. The van der Waals surface area contributed by atoms with E-state index in [0.717, 1.165) is 12.8 Å². The highest BCUT2D eigenvalue weighted by Gasteiger charge is 2.45. The molecular weight excluding hydrogens is 212 g/mol. The van der Waals surface area contributed by atoms with Crippen molar-refractivity contribution in [2.45, 2.75) is 36.9 Å². The number of pyridine rings is 1. The Bertz CT molecular complexity index is 365. The van der Waals surface area contributed by atoms with Crippen LogP contribution in [-0.2, 0) is 0 Å². The zero-order chi connectivity index (χ0) is 10.4. The number of nitrogens with one attached hydrogen (secondary N) is 1. The summed E-state index contributed by atoms with van der Waals surface area (Å²) in [5, 5.41) is 13.6. The highest BCUT2D eigenvalue weighted by molar-refractivity contribution is 6.29. The Morgan fingerprint density at radius 1 is 1.33 bits per heavy atom. The predicted octanol–water partition coefficient (Wildman–Crippen LogP) is 1.31. The van der Waals surface area contributed by atoms with Gasteiger partial charge in [-0.1, -0.05) is 17.7 Å². The summed E-state index contributed by atoms with van der Waals surface area (Å²) in [5.41, 5.74) is 1.23. The number of aromatic nitrogens is 1. The van der Waals surface area contributed by atoms with Crippen LogP contribution in [0.3, 0.4) is 0 Å². The molecule has 2 aliphatic heterocycles. The van der Waals surface area contributed by atoms with Gasteiger partial charge in [-0.25, -0.2) is 4.98 Å². The van der Waals surface area contributed by atoms with Crippen molar-refractivity contribution in [2.24, 2.45) is 0 Å². The molecule has 4 heteroatoms. The summed E-state index contributed by atoms with van der Waals surface area (Å²) in [6.07, 6.45) is 3.56. The molecule has 3 heterocycles. The fraction of sp³-hybridized carbons (Fsp3) is 0.545. The topological polar surface area (TPSA) is 45.1 Å². The third-order valence-electron chi connectivity index (χ3n) is 3.56. The van der Waals surface area contributed by atoms with Crippen LogP contribution in [0.15, 0.2) is 18.3 Å². The summed E-state index contributed by atoms with van der Waals surface area (Å²) in [6.45, 7) is 0. The van der Waals surface area contributed by atoms with Crippen LogP contribution < -0.4 is 5.32 Å². The van der Waals surface area contributed by atoms with Crippen LogP contribution in [0.25, 0.3) is 0 Å². The van der Waals surface area contributed by atoms with Crippen molar-refractivity contribution in [1.82, 2.24) is 10.3 Å². The first-order chi connectivity index (χ1) is 7.24. The second kappa shape index (κ2) is 3.44. The first-order valence-electron chi connectivity index (χ1n) is 5.29. The molecule has 2 fully saturated rings. The zero-order valence-electron chi connectivity index (χ0n) is 8.23. The lowest BCUT2D eigenvalue weighted by atomic mass is 9.83. The van der Waals surface area contributed by atoms with Gasteiger partial charge in [-0.2, -0.15) is 0 Å². The molecule has 4 atom stereocenters. The molecule has 0 unspecified atom stereocenters. The largest absolute Gasteiger partial charge is 0.391 e. The first-order valence-corrected chi connectivity index (χ1v) is 5.67. The van der Waals surface area contributed by atoms with Gasteiger partial charge in [-0.15, -0.1) is 0 Å². The van der Waals surface area contributed by atoms with Crippen LogP contribution in [-0.4, -0.2) is 28.3 Å². The van der Waals surface area contributed by atoms with Gasteiger partial charge in [0.15, 0.2) is 0 Å². The Hall–Kier alpha value is -0.640. The van der Waals surface area contributed by atoms with E-state index in [2.05, 4.69) is 10.3 Å². The summed E-state index contributed by atoms with van der Waals surface area (Å²) in [5.74, 6) is 0.489. The maximum atomic E-state index is 9.63. The lowest BCUT2D eigenvalue weighted by molar-refractivity contribution is 0.140. The normalized spacial score (nSPS) is 38.5. The summed E-state index contributed by atoms with van der Waals surface area (Å²) < 4.78 is 0. The van der Waals surface area contributed by atoms with E-state index in [-0.39, 0.29) is 12.1 Å². The van der Waals surface area contributed by atoms with Gasteiger partial charge < -0.3 is 10.4 Å². The van der Waals surface area contributed by atoms with Gasteiger partial charge in [-0.3, -0.25) is 0 Å². The number of hydrogen-bond acceptors (Lipinski definition) is 3. The first kappa shape index (κ1) is 9.58. The average Bonchev–Trinajstić information content (AvgIpc) is 2.77. The summed E-state index contributed by atoms with van der Waals surface area (Å²) in [6, 6.07) is 4.55. The molecule has 1 aromatic rings. The molecule has 2 aliphatic rings. The molecular formula is C11H13ClN2O. The number of nitrogens with zero attached hydrogens (tertiary/aromatic N) is 1. The van der Waals surface area contributed by atoms with E-state index in [1.165, 1.54) is 5.56 Å². The molecule has 80 valence electrons. The average molecular weight is 225 g/mol. The molecule has 1 aromatic heterocycles. The minimum Gasteiger partial charge on any atom is -0.391 e. The van der Waals surface area contributed by atoms with Crippen molar-refractivity contribution in [3.05, 3.63) is 29.0 Å². The van der Waals surface area contributed by atoms with Gasteiger partial charge in [0.1, 0.15) is 5.15 Å². The molecule has 0 aliphatic carbocycles. The molecule has 0 radical (unpaired) electrons. The minimum atomic E-state index is -0.161. The second-order valence-electron chi connectivity index (χ2n) is 4.44. The van der Waals surface area contributed by atoms with Crippen LogP contribution in [0.1, 0.15) is 24.3 Å². The molecule has 0 saturated carbocycles. The Morgan fingerprint density at radius 3 is 2.73 bits per heavy atom. The lowest BCUT2D eigenvalue weighted by Gasteiger charge is -2.23. The van der Waals surface area contributed by atoms with Crippen molar-refractivity contribution in [3.8, 4) is 0 Å². The summed E-state index contributed by atoms with van der Waals surface area (Å²) in [4.78, 5) is 4.10. The van der Waals surface area contributed by atoms with E-state index < -0.39 is 0 Å². The van der Waals surface area contributed by atoms with Crippen molar-refractivity contribution in [3.63, 3.8) is 0 Å². The number of rotatable bonds is 1. The Kier molecular flexibility index (Phi) is 2.20. The highest BCUT2D eigenvalue weighted by atomic mass is 35.5.